The number of para-hydroxylation sites is 1. The summed E-state index contributed by atoms with van der Waals surface area (Å²) in [6.07, 6.45) is 3.98. The molecule has 5 nitrogen and oxygen atoms in total. The number of aromatic nitrogens is 2. The van der Waals surface area contributed by atoms with Crippen molar-refractivity contribution in [3.63, 3.8) is 0 Å². The number of likely N-dealkylation sites (tertiary alicyclic amines) is 1. The van der Waals surface area contributed by atoms with Gasteiger partial charge in [0.15, 0.2) is 0 Å². The fourth-order valence-corrected chi connectivity index (χ4v) is 4.61. The number of hydrogen-bond acceptors (Lipinski definition) is 5. The van der Waals surface area contributed by atoms with Crippen LogP contribution in [-0.2, 0) is 13.1 Å². The lowest BCUT2D eigenvalue weighted by molar-refractivity contribution is 0.184. The van der Waals surface area contributed by atoms with Gasteiger partial charge in [-0.05, 0) is 56.4 Å². The molecule has 142 valence electrons. The summed E-state index contributed by atoms with van der Waals surface area (Å²) in [6, 6.07) is 12.6. The van der Waals surface area contributed by atoms with Gasteiger partial charge in [-0.3, -0.25) is 14.3 Å². The Labute approximate surface area is 163 Å². The molecule has 1 fully saturated rings. The quantitative estimate of drug-likeness (QED) is 0.712. The topological polar surface area (TPSA) is 50.2 Å². The number of rotatable bonds is 6. The van der Waals surface area contributed by atoms with Gasteiger partial charge in [0.1, 0.15) is 0 Å². The van der Waals surface area contributed by atoms with Crippen molar-refractivity contribution < 1.29 is 0 Å². The molecule has 0 saturated carbocycles. The van der Waals surface area contributed by atoms with Crippen LogP contribution in [0.4, 0.5) is 0 Å². The molecule has 1 saturated heterocycles. The van der Waals surface area contributed by atoms with E-state index in [1.54, 1.807) is 10.9 Å². The standard InChI is InChI=1S/C21H26N4OS/c1-16(13-25-15-22-20-7-3-2-6-19(20)21(25)26)23-17-8-10-24(11-9-17)14-18-5-4-12-27-18/h2-7,12,15-17,23H,8-11,13-14H2,1H3. The number of fused-ring (bicyclic) bond motifs is 1. The van der Waals surface area contributed by atoms with E-state index in [0.29, 0.717) is 18.0 Å². The summed E-state index contributed by atoms with van der Waals surface area (Å²) in [5.41, 5.74) is 0.803. The van der Waals surface area contributed by atoms with Crippen molar-refractivity contribution in [2.45, 2.75) is 44.9 Å². The summed E-state index contributed by atoms with van der Waals surface area (Å²) in [6.45, 7) is 6.11. The number of nitrogens with zero attached hydrogens (tertiary/aromatic N) is 3. The van der Waals surface area contributed by atoms with Crippen molar-refractivity contribution in [1.29, 1.82) is 0 Å². The Morgan fingerprint density at radius 3 is 2.81 bits per heavy atom. The van der Waals surface area contributed by atoms with Crippen molar-refractivity contribution >= 4 is 22.2 Å². The van der Waals surface area contributed by atoms with Crippen molar-refractivity contribution in [1.82, 2.24) is 19.8 Å². The Balaban J connectivity index is 1.31. The van der Waals surface area contributed by atoms with E-state index in [0.717, 1.165) is 38.0 Å². The SMILES string of the molecule is CC(Cn1cnc2ccccc2c1=O)NC1CCN(Cc2cccs2)CC1. The molecule has 3 heterocycles. The number of thiophene rings is 1. The first-order valence-electron chi connectivity index (χ1n) is 9.64. The lowest BCUT2D eigenvalue weighted by Crippen LogP contribution is -2.46. The van der Waals surface area contributed by atoms with Crippen molar-refractivity contribution in [3.8, 4) is 0 Å². The van der Waals surface area contributed by atoms with Gasteiger partial charge < -0.3 is 5.32 Å². The average molecular weight is 383 g/mol. The summed E-state index contributed by atoms with van der Waals surface area (Å²) >= 11 is 1.84. The number of benzene rings is 1. The number of nitrogens with one attached hydrogen (secondary N) is 1. The fourth-order valence-electron chi connectivity index (χ4n) is 3.87. The van der Waals surface area contributed by atoms with Crippen LogP contribution < -0.4 is 10.9 Å². The van der Waals surface area contributed by atoms with Crippen LogP contribution in [0.25, 0.3) is 10.9 Å². The highest BCUT2D eigenvalue weighted by atomic mass is 32.1. The predicted octanol–water partition coefficient (Wildman–Crippen LogP) is 3.10. The van der Waals surface area contributed by atoms with E-state index in [1.807, 2.05) is 35.6 Å². The molecule has 0 radical (unpaired) electrons. The van der Waals surface area contributed by atoms with Gasteiger partial charge in [-0.15, -0.1) is 11.3 Å². The zero-order chi connectivity index (χ0) is 18.6. The van der Waals surface area contributed by atoms with Gasteiger partial charge in [0, 0.05) is 30.1 Å². The highest BCUT2D eigenvalue weighted by Gasteiger charge is 2.21. The molecule has 0 bridgehead atoms. The van der Waals surface area contributed by atoms with E-state index in [2.05, 4.69) is 39.6 Å². The van der Waals surface area contributed by atoms with Gasteiger partial charge >= 0.3 is 0 Å². The van der Waals surface area contributed by atoms with E-state index in [-0.39, 0.29) is 11.6 Å². The molecule has 0 spiro atoms. The minimum absolute atomic E-state index is 0.0417. The van der Waals surface area contributed by atoms with Crippen LogP contribution in [0.15, 0.2) is 52.9 Å². The van der Waals surface area contributed by atoms with E-state index in [9.17, 15) is 4.79 Å². The lowest BCUT2D eigenvalue weighted by atomic mass is 10.0. The maximum absolute atomic E-state index is 12.6. The van der Waals surface area contributed by atoms with Crippen LogP contribution in [0, 0.1) is 0 Å². The van der Waals surface area contributed by atoms with E-state index in [4.69, 9.17) is 0 Å². The molecule has 1 aliphatic rings. The second kappa shape index (κ2) is 8.33. The van der Waals surface area contributed by atoms with Crippen LogP contribution in [0.5, 0.6) is 0 Å². The first-order chi connectivity index (χ1) is 13.2. The van der Waals surface area contributed by atoms with Gasteiger partial charge in [-0.1, -0.05) is 18.2 Å². The minimum Gasteiger partial charge on any atom is -0.310 e. The van der Waals surface area contributed by atoms with Crippen LogP contribution >= 0.6 is 11.3 Å². The molecule has 0 aliphatic carbocycles. The molecular formula is C21H26N4OS. The molecule has 1 unspecified atom stereocenters. The van der Waals surface area contributed by atoms with Gasteiger partial charge in [-0.25, -0.2) is 4.98 Å². The highest BCUT2D eigenvalue weighted by Crippen LogP contribution is 2.17. The Kier molecular flexibility index (Phi) is 5.66. The predicted molar refractivity (Wildman–Crippen MR) is 111 cm³/mol. The van der Waals surface area contributed by atoms with Gasteiger partial charge in [-0.2, -0.15) is 0 Å². The van der Waals surface area contributed by atoms with Crippen molar-refractivity contribution in [2.24, 2.45) is 0 Å². The molecule has 1 N–H and O–H groups in total. The van der Waals surface area contributed by atoms with Crippen LogP contribution in [0.2, 0.25) is 0 Å². The number of piperidine rings is 1. The molecule has 1 aliphatic heterocycles. The van der Waals surface area contributed by atoms with Gasteiger partial charge in [0.2, 0.25) is 0 Å². The number of hydrogen-bond donors (Lipinski definition) is 1. The molecule has 1 atom stereocenters. The molecule has 0 amide bonds. The molecule has 2 aromatic heterocycles. The fraction of sp³-hybridized carbons (Fsp3) is 0.429. The van der Waals surface area contributed by atoms with Crippen molar-refractivity contribution in [3.05, 3.63) is 63.3 Å². The second-order valence-corrected chi connectivity index (χ2v) is 8.45. The summed E-state index contributed by atoms with van der Waals surface area (Å²) in [4.78, 5) is 21.0. The van der Waals surface area contributed by atoms with Crippen LogP contribution in [0.3, 0.4) is 0 Å². The maximum Gasteiger partial charge on any atom is 0.261 e. The third-order valence-electron chi connectivity index (χ3n) is 5.27. The highest BCUT2D eigenvalue weighted by molar-refractivity contribution is 7.09. The third kappa shape index (κ3) is 4.46. The first-order valence-corrected chi connectivity index (χ1v) is 10.5. The molecular weight excluding hydrogens is 356 g/mol. The third-order valence-corrected chi connectivity index (χ3v) is 6.13. The molecule has 4 rings (SSSR count). The second-order valence-electron chi connectivity index (χ2n) is 7.42. The minimum atomic E-state index is 0.0417. The zero-order valence-electron chi connectivity index (χ0n) is 15.7. The van der Waals surface area contributed by atoms with E-state index in [1.165, 1.54) is 4.88 Å². The van der Waals surface area contributed by atoms with E-state index >= 15 is 0 Å². The summed E-state index contributed by atoms with van der Waals surface area (Å²) in [5, 5.41) is 6.55. The summed E-state index contributed by atoms with van der Waals surface area (Å²) in [7, 11) is 0. The Bertz CT molecular complexity index is 929. The molecule has 27 heavy (non-hydrogen) atoms. The van der Waals surface area contributed by atoms with Gasteiger partial charge in [0.05, 0.1) is 17.2 Å². The maximum atomic E-state index is 12.6. The Morgan fingerprint density at radius 2 is 2.04 bits per heavy atom. The van der Waals surface area contributed by atoms with E-state index < -0.39 is 0 Å². The zero-order valence-corrected chi connectivity index (χ0v) is 16.5. The largest absolute Gasteiger partial charge is 0.310 e. The van der Waals surface area contributed by atoms with Crippen molar-refractivity contribution in [2.75, 3.05) is 13.1 Å². The smallest absolute Gasteiger partial charge is 0.261 e. The normalized spacial score (nSPS) is 17.4. The Hall–Kier alpha value is -2.02. The van der Waals surface area contributed by atoms with Gasteiger partial charge in [0.25, 0.3) is 5.56 Å². The Morgan fingerprint density at radius 1 is 1.22 bits per heavy atom. The molecule has 3 aromatic rings. The molecule has 1 aromatic carbocycles. The molecule has 6 heteroatoms. The van der Waals surface area contributed by atoms with Crippen LogP contribution in [-0.4, -0.2) is 39.6 Å². The average Bonchev–Trinajstić information content (AvgIpc) is 3.19. The summed E-state index contributed by atoms with van der Waals surface area (Å²) < 4.78 is 1.73. The monoisotopic (exact) mass is 382 g/mol. The summed E-state index contributed by atoms with van der Waals surface area (Å²) in [5.74, 6) is 0. The lowest BCUT2D eigenvalue weighted by Gasteiger charge is -2.33. The van der Waals surface area contributed by atoms with Crippen LogP contribution in [0.1, 0.15) is 24.6 Å². The first kappa shape index (κ1) is 18.3.